The number of para-hydroxylation sites is 3. The number of pyridine rings is 1. The van der Waals surface area contributed by atoms with Crippen molar-refractivity contribution < 1.29 is 0 Å². The maximum absolute atomic E-state index is 5.06. The van der Waals surface area contributed by atoms with Crippen molar-refractivity contribution in [2.45, 2.75) is 0 Å². The molecule has 0 atom stereocenters. The lowest BCUT2D eigenvalue weighted by Gasteiger charge is -2.17. The number of hydrogen-bond donors (Lipinski definition) is 0. The second-order valence-electron chi connectivity index (χ2n) is 12.4. The summed E-state index contributed by atoms with van der Waals surface area (Å²) in [4.78, 5) is 14.6. The van der Waals surface area contributed by atoms with Gasteiger partial charge in [0.15, 0.2) is 0 Å². The number of rotatable bonds is 2. The van der Waals surface area contributed by atoms with E-state index < -0.39 is 0 Å². The van der Waals surface area contributed by atoms with E-state index in [2.05, 4.69) is 142 Å². The minimum absolute atomic E-state index is 0.956. The summed E-state index contributed by atoms with van der Waals surface area (Å²) in [5.41, 5.74) is 8.66. The maximum atomic E-state index is 5.06. The molecule has 0 bridgehead atoms. The predicted octanol–water partition coefficient (Wildman–Crippen LogP) is 10.7. The Bertz CT molecular complexity index is 3070. The molecule has 0 radical (unpaired) electrons. The monoisotopic (exact) mass is 611 g/mol. The highest BCUT2D eigenvalue weighted by Gasteiger charge is 2.26. The molecule has 7 aromatic carbocycles. The van der Waals surface area contributed by atoms with Crippen LogP contribution in [0.4, 0.5) is 0 Å². The van der Waals surface area contributed by atoms with Crippen LogP contribution in [-0.4, -0.2) is 24.1 Å². The van der Waals surface area contributed by atoms with Crippen LogP contribution in [-0.2, 0) is 0 Å². The van der Waals surface area contributed by atoms with Crippen molar-refractivity contribution in [3.05, 3.63) is 152 Å². The molecule has 0 aliphatic carbocycles. The van der Waals surface area contributed by atoms with Crippen molar-refractivity contribution in [3.8, 4) is 11.4 Å². The van der Waals surface area contributed by atoms with Crippen LogP contribution in [0.15, 0.2) is 152 Å². The van der Waals surface area contributed by atoms with Gasteiger partial charge in [0.25, 0.3) is 0 Å². The van der Waals surface area contributed by atoms with E-state index in [0.29, 0.717) is 0 Å². The van der Waals surface area contributed by atoms with Gasteiger partial charge < -0.3 is 9.13 Å². The van der Waals surface area contributed by atoms with Gasteiger partial charge in [0.1, 0.15) is 6.33 Å². The van der Waals surface area contributed by atoms with E-state index in [4.69, 9.17) is 9.97 Å². The van der Waals surface area contributed by atoms with E-state index in [1.165, 1.54) is 16.2 Å². The summed E-state index contributed by atoms with van der Waals surface area (Å²) in [5, 5.41) is 11.5. The number of aromatic nitrogens is 5. The van der Waals surface area contributed by atoms with E-state index in [1.807, 2.05) is 18.5 Å². The van der Waals surface area contributed by atoms with E-state index >= 15 is 0 Å². The molecule has 0 aliphatic heterocycles. The van der Waals surface area contributed by atoms with Crippen molar-refractivity contribution in [1.82, 2.24) is 24.1 Å². The molecular formula is C43H25N5. The number of nitrogens with zero attached hydrogens (tertiary/aromatic N) is 5. The van der Waals surface area contributed by atoms with Gasteiger partial charge in [-0.15, -0.1) is 0 Å². The third-order valence-corrected chi connectivity index (χ3v) is 10.0. The lowest BCUT2D eigenvalue weighted by atomic mass is 9.96. The number of benzene rings is 7. The molecule has 0 saturated heterocycles. The van der Waals surface area contributed by atoms with Crippen LogP contribution in [0.3, 0.4) is 0 Å². The lowest BCUT2D eigenvalue weighted by molar-refractivity contribution is 1.16. The fraction of sp³-hybridized carbons (Fsp3) is 0. The van der Waals surface area contributed by atoms with Crippen LogP contribution in [0.2, 0.25) is 0 Å². The Morgan fingerprint density at radius 2 is 1.00 bits per heavy atom. The first-order valence-electron chi connectivity index (χ1n) is 16.2. The Hall–Kier alpha value is -6.59. The summed E-state index contributed by atoms with van der Waals surface area (Å²) in [6.07, 6.45) is 5.58. The summed E-state index contributed by atoms with van der Waals surface area (Å²) in [6.45, 7) is 0. The average molecular weight is 612 g/mol. The summed E-state index contributed by atoms with van der Waals surface area (Å²) in [7, 11) is 0. The smallest absolute Gasteiger partial charge is 0.116 e. The molecule has 222 valence electrons. The van der Waals surface area contributed by atoms with Crippen LogP contribution in [0, 0.1) is 0 Å². The Kier molecular flexibility index (Phi) is 5.05. The van der Waals surface area contributed by atoms with E-state index in [0.717, 1.165) is 82.2 Å². The second kappa shape index (κ2) is 9.47. The van der Waals surface area contributed by atoms with Gasteiger partial charge >= 0.3 is 0 Å². The fourth-order valence-corrected chi connectivity index (χ4v) is 8.22. The molecule has 0 N–H and O–H groups in total. The van der Waals surface area contributed by atoms with Crippen LogP contribution in [0.1, 0.15) is 0 Å². The highest BCUT2D eigenvalue weighted by molar-refractivity contribution is 6.36. The number of hydrogen-bond acceptors (Lipinski definition) is 3. The van der Waals surface area contributed by atoms with Crippen LogP contribution < -0.4 is 0 Å². The Morgan fingerprint density at radius 3 is 1.81 bits per heavy atom. The molecule has 0 saturated carbocycles. The average Bonchev–Trinajstić information content (AvgIpc) is 3.69. The van der Waals surface area contributed by atoms with Gasteiger partial charge in [0, 0.05) is 55.8 Å². The molecule has 11 rings (SSSR count). The molecule has 11 aromatic rings. The molecule has 0 amide bonds. The Morgan fingerprint density at radius 1 is 0.396 bits per heavy atom. The summed E-state index contributed by atoms with van der Waals surface area (Å²) >= 11 is 0. The third kappa shape index (κ3) is 3.22. The predicted molar refractivity (Wildman–Crippen MR) is 199 cm³/mol. The normalized spacial score (nSPS) is 12.2. The zero-order valence-electron chi connectivity index (χ0n) is 25.7. The van der Waals surface area contributed by atoms with Gasteiger partial charge in [0.2, 0.25) is 0 Å². The molecule has 5 nitrogen and oxygen atoms in total. The highest BCUT2D eigenvalue weighted by atomic mass is 15.1. The second-order valence-corrected chi connectivity index (χ2v) is 12.4. The Balaban J connectivity index is 1.48. The molecule has 0 aliphatic rings. The molecule has 0 unspecified atom stereocenters. The van der Waals surface area contributed by atoms with Gasteiger partial charge in [-0.1, -0.05) is 97.1 Å². The third-order valence-electron chi connectivity index (χ3n) is 10.0. The van der Waals surface area contributed by atoms with Crippen molar-refractivity contribution >= 4 is 87.0 Å². The molecule has 4 aromatic heterocycles. The first kappa shape index (κ1) is 25.6. The molecule has 48 heavy (non-hydrogen) atoms. The van der Waals surface area contributed by atoms with E-state index in [9.17, 15) is 0 Å². The van der Waals surface area contributed by atoms with Crippen molar-refractivity contribution in [3.63, 3.8) is 0 Å². The summed E-state index contributed by atoms with van der Waals surface area (Å²) in [6, 6.07) is 47.7. The maximum Gasteiger partial charge on any atom is 0.116 e. The van der Waals surface area contributed by atoms with Crippen LogP contribution in [0.25, 0.3) is 98.3 Å². The first-order valence-corrected chi connectivity index (χ1v) is 16.2. The van der Waals surface area contributed by atoms with Crippen molar-refractivity contribution in [2.75, 3.05) is 0 Å². The first-order chi connectivity index (χ1) is 23.9. The summed E-state index contributed by atoms with van der Waals surface area (Å²) < 4.78 is 4.89. The van der Waals surface area contributed by atoms with E-state index in [1.54, 1.807) is 6.33 Å². The molecular weight excluding hydrogens is 587 g/mol. The largest absolute Gasteiger partial charge is 0.307 e. The van der Waals surface area contributed by atoms with Crippen molar-refractivity contribution in [2.24, 2.45) is 0 Å². The molecule has 0 spiro atoms. The standard InChI is InChI=1S/C43H25N5/c1-2-12-26(13-3-1)47-34-20-8-7-17-32(34)39-41-33(24-44-25-46-41)37-31-16-6-9-21-35(31)48(42(37)43(39)47)36-22-10-18-29-27-14-4-5-15-28(27)30-19-11-23-45-40(30)38(29)36/h1-25H. The lowest BCUT2D eigenvalue weighted by Crippen LogP contribution is -2.00. The number of fused-ring (bicyclic) bond motifs is 16. The van der Waals surface area contributed by atoms with Gasteiger partial charge in [-0.25, -0.2) is 9.97 Å². The minimum atomic E-state index is 0.956. The molecule has 4 heterocycles. The van der Waals surface area contributed by atoms with Gasteiger partial charge in [-0.2, -0.15) is 0 Å². The van der Waals surface area contributed by atoms with Crippen LogP contribution in [0.5, 0.6) is 0 Å². The van der Waals surface area contributed by atoms with Gasteiger partial charge in [-0.3, -0.25) is 4.98 Å². The van der Waals surface area contributed by atoms with Gasteiger partial charge in [-0.05, 0) is 52.6 Å². The van der Waals surface area contributed by atoms with Crippen LogP contribution >= 0.6 is 0 Å². The van der Waals surface area contributed by atoms with Crippen molar-refractivity contribution in [1.29, 1.82) is 0 Å². The Labute approximate surface area is 273 Å². The highest BCUT2D eigenvalue weighted by Crippen LogP contribution is 2.47. The van der Waals surface area contributed by atoms with E-state index in [-0.39, 0.29) is 0 Å². The molecule has 5 heteroatoms. The zero-order chi connectivity index (χ0) is 31.3. The topological polar surface area (TPSA) is 48.5 Å². The van der Waals surface area contributed by atoms with Gasteiger partial charge in [0.05, 0.1) is 38.8 Å². The SMILES string of the molecule is c1ccc(-n2c3ccccc3c3c4ncncc4c4c5ccccc5n(-c5cccc6c7ccccc7c7cccnc7c56)c4c32)cc1. The summed E-state index contributed by atoms with van der Waals surface area (Å²) in [5.74, 6) is 0. The fourth-order valence-electron chi connectivity index (χ4n) is 8.22. The zero-order valence-corrected chi connectivity index (χ0v) is 25.7. The quantitative estimate of drug-likeness (QED) is 0.183. The molecule has 0 fully saturated rings. The minimum Gasteiger partial charge on any atom is -0.307 e.